The largest absolute Gasteiger partial charge is 0.673 e. The summed E-state index contributed by atoms with van der Waals surface area (Å²) < 4.78 is 41.1. The van der Waals surface area contributed by atoms with Gasteiger partial charge in [0.1, 0.15) is 5.82 Å². The first-order valence-electron chi connectivity index (χ1n) is 3.96. The molecule has 0 aromatic carbocycles. The molecule has 1 rings (SSSR count). The zero-order valence-corrected chi connectivity index (χ0v) is 8.48. The van der Waals surface area contributed by atoms with Crippen LogP contribution >= 0.6 is 0 Å². The minimum absolute atomic E-state index is 1.09. The van der Waals surface area contributed by atoms with Crippen molar-refractivity contribution in [2.24, 2.45) is 7.05 Å². The number of imidazole rings is 1. The van der Waals surface area contributed by atoms with Crippen molar-refractivity contribution in [3.05, 3.63) is 17.2 Å². The first-order chi connectivity index (χ1) is 6.13. The van der Waals surface area contributed by atoms with Crippen molar-refractivity contribution < 1.29 is 17.3 Å². The molecule has 2 nitrogen and oxygen atoms in total. The molecule has 0 atom stereocenters. The van der Waals surface area contributed by atoms with E-state index >= 15 is 0 Å². The van der Waals surface area contributed by atoms with E-state index in [2.05, 4.69) is 16.5 Å². The van der Waals surface area contributed by atoms with Gasteiger partial charge in [0.05, 0.1) is 5.69 Å². The van der Waals surface area contributed by atoms with E-state index in [0.717, 1.165) is 11.5 Å². The van der Waals surface area contributed by atoms with E-state index in [1.807, 2.05) is 20.9 Å². The van der Waals surface area contributed by atoms with Crippen molar-refractivity contribution in [2.75, 3.05) is 0 Å². The average molecular weight is 211 g/mol. The highest BCUT2D eigenvalue weighted by Gasteiger charge is 2.20. The molecule has 1 aromatic rings. The molecule has 0 aliphatic rings. The van der Waals surface area contributed by atoms with E-state index in [9.17, 15) is 17.3 Å². The van der Waals surface area contributed by atoms with Crippen molar-refractivity contribution in [2.45, 2.75) is 20.8 Å². The number of rotatable bonds is 0. The Kier molecular flexibility index (Phi) is 4.16. The second-order valence-electron chi connectivity index (χ2n) is 2.88. The van der Waals surface area contributed by atoms with Gasteiger partial charge in [0.2, 0.25) is 0 Å². The predicted octanol–water partition coefficient (Wildman–Crippen LogP) is 2.65. The Hall–Kier alpha value is -1.01. The van der Waals surface area contributed by atoms with Crippen molar-refractivity contribution in [1.29, 1.82) is 0 Å². The minimum Gasteiger partial charge on any atom is -0.418 e. The van der Waals surface area contributed by atoms with Crippen LogP contribution in [0.5, 0.6) is 0 Å². The Morgan fingerprint density at radius 3 is 1.50 bits per heavy atom. The molecule has 0 aliphatic heterocycles. The number of aryl methyl sites for hydroxylation is 2. The summed E-state index contributed by atoms with van der Waals surface area (Å²) in [6.07, 6.45) is 0. The topological polar surface area (TPSA) is 17.8 Å². The van der Waals surface area contributed by atoms with Crippen LogP contribution in [0.25, 0.3) is 0 Å². The van der Waals surface area contributed by atoms with Gasteiger partial charge in [0.15, 0.2) is 0 Å². The summed E-state index contributed by atoms with van der Waals surface area (Å²) in [5.41, 5.74) is 2.39. The van der Waals surface area contributed by atoms with Gasteiger partial charge in [-0.25, -0.2) is 4.98 Å². The fourth-order valence-electron chi connectivity index (χ4n) is 0.884. The summed E-state index contributed by atoms with van der Waals surface area (Å²) in [6, 6.07) is 0. The van der Waals surface area contributed by atoms with Crippen LogP contribution in [0.1, 0.15) is 17.2 Å². The highest BCUT2D eigenvalue weighted by atomic mass is 19.5. The Morgan fingerprint density at radius 1 is 1.07 bits per heavy atom. The molecule has 0 amide bonds. The van der Waals surface area contributed by atoms with Gasteiger partial charge in [-0.2, -0.15) is 0 Å². The third-order valence-corrected chi connectivity index (χ3v) is 1.84. The first-order valence-corrected chi connectivity index (χ1v) is 3.96. The molecule has 0 spiro atoms. The zero-order chi connectivity index (χ0) is 11.5. The van der Waals surface area contributed by atoms with E-state index < -0.39 is 7.25 Å². The number of aromatic nitrogens is 2. The zero-order valence-electron chi connectivity index (χ0n) is 8.48. The van der Waals surface area contributed by atoms with E-state index in [0.29, 0.717) is 0 Å². The lowest BCUT2D eigenvalue weighted by Gasteiger charge is -1.94. The molecule has 0 aliphatic carbocycles. The number of hydrogen-bond acceptors (Lipinski definition) is 1. The maximum atomic E-state index is 9.75. The summed E-state index contributed by atoms with van der Waals surface area (Å²) in [4.78, 5) is 4.27. The fraction of sp³-hybridized carbons (Fsp3) is 0.571. The van der Waals surface area contributed by atoms with Crippen LogP contribution in [-0.2, 0) is 7.05 Å². The van der Waals surface area contributed by atoms with Gasteiger partial charge in [0, 0.05) is 12.7 Å². The third-order valence-electron chi connectivity index (χ3n) is 1.84. The van der Waals surface area contributed by atoms with E-state index in [-0.39, 0.29) is 0 Å². The monoisotopic (exact) mass is 211 g/mol. The van der Waals surface area contributed by atoms with Gasteiger partial charge in [-0.05, 0) is 20.8 Å². The van der Waals surface area contributed by atoms with Crippen LogP contribution in [0.4, 0.5) is 17.3 Å². The molecule has 0 fully saturated rings. The molecule has 0 bridgehead atoms. The quantitative estimate of drug-likeness (QED) is 0.476. The molecule has 0 N–H and O–H groups in total. The lowest BCUT2D eigenvalue weighted by Crippen LogP contribution is -2.02. The number of nitrogens with zero attached hydrogens (tertiary/aromatic N) is 2. The second-order valence-corrected chi connectivity index (χ2v) is 2.88. The van der Waals surface area contributed by atoms with Crippen molar-refractivity contribution in [1.82, 2.24) is 9.55 Å². The summed E-state index contributed by atoms with van der Waals surface area (Å²) in [5, 5.41) is 0. The molecule has 82 valence electrons. The van der Waals surface area contributed by atoms with Crippen LogP contribution in [0.3, 0.4) is 0 Å². The summed E-state index contributed by atoms with van der Waals surface area (Å²) in [5.74, 6) is 1.09. The van der Waals surface area contributed by atoms with Gasteiger partial charge in [-0.1, -0.05) is 0 Å². The normalized spacial score (nSPS) is 10.9. The maximum absolute atomic E-state index is 9.75. The smallest absolute Gasteiger partial charge is 0.418 e. The summed E-state index contributed by atoms with van der Waals surface area (Å²) in [7, 11) is -3.97. The minimum atomic E-state index is -6.00. The van der Waals surface area contributed by atoms with Crippen LogP contribution < -0.4 is 0 Å². The molecule has 0 saturated carbocycles. The van der Waals surface area contributed by atoms with Crippen LogP contribution in [0.15, 0.2) is 0 Å². The molecule has 1 aromatic heterocycles. The number of hydrogen-bond donors (Lipinski definition) is 0. The highest BCUT2D eigenvalue weighted by Crippen LogP contribution is 2.06. The lowest BCUT2D eigenvalue weighted by atomic mass is 10.3. The van der Waals surface area contributed by atoms with Gasteiger partial charge in [0.25, 0.3) is 0 Å². The van der Waals surface area contributed by atoms with E-state index in [4.69, 9.17) is 0 Å². The Labute approximate surface area is 80.1 Å². The maximum Gasteiger partial charge on any atom is 0.673 e. The molecule has 14 heavy (non-hydrogen) atoms. The second kappa shape index (κ2) is 4.48. The molecular weight excluding hydrogens is 199 g/mol. The lowest BCUT2D eigenvalue weighted by molar-refractivity contribution is 0.368. The van der Waals surface area contributed by atoms with E-state index in [1.165, 1.54) is 5.69 Å². The number of halogens is 4. The fourth-order valence-corrected chi connectivity index (χ4v) is 0.884. The van der Waals surface area contributed by atoms with Crippen molar-refractivity contribution in [3.8, 4) is 0 Å². The molecule has 0 unspecified atom stereocenters. The summed E-state index contributed by atoms with van der Waals surface area (Å²) >= 11 is 0. The van der Waals surface area contributed by atoms with Gasteiger partial charge in [-0.15, -0.1) is 0 Å². The standard InChI is InChI=1S/C7H12N2.BF4/c1-5-6(2)9(4)7(3)8-5;2-1(3,4)5/h1-4H3;/q;-1. The highest BCUT2D eigenvalue weighted by molar-refractivity contribution is 6.50. The summed E-state index contributed by atoms with van der Waals surface area (Å²) in [6.45, 7) is 6.12. The van der Waals surface area contributed by atoms with Crippen molar-refractivity contribution in [3.63, 3.8) is 0 Å². The predicted molar refractivity (Wildman–Crippen MR) is 47.6 cm³/mol. The SMILES string of the molecule is Cc1nc(C)n(C)c1C.F[B-](F)(F)F. The van der Waals surface area contributed by atoms with Gasteiger partial charge in [-0.3, -0.25) is 0 Å². The Morgan fingerprint density at radius 2 is 1.43 bits per heavy atom. The van der Waals surface area contributed by atoms with Crippen molar-refractivity contribution >= 4 is 7.25 Å². The van der Waals surface area contributed by atoms with Crippen LogP contribution in [-0.4, -0.2) is 16.8 Å². The molecule has 1 heterocycles. The average Bonchev–Trinajstić information content (AvgIpc) is 2.14. The Bertz CT molecular complexity index is 277. The molecule has 7 heteroatoms. The van der Waals surface area contributed by atoms with Gasteiger partial charge >= 0.3 is 7.25 Å². The third kappa shape index (κ3) is 4.88. The van der Waals surface area contributed by atoms with Gasteiger partial charge < -0.3 is 21.8 Å². The molecule has 0 radical (unpaired) electrons. The Balaban J connectivity index is 0.000000292. The molecule has 0 saturated heterocycles. The van der Waals surface area contributed by atoms with Crippen LogP contribution in [0, 0.1) is 20.8 Å². The first kappa shape index (κ1) is 13.0. The van der Waals surface area contributed by atoms with Crippen LogP contribution in [0.2, 0.25) is 0 Å². The molecular formula is C7H12BF4N2-. The van der Waals surface area contributed by atoms with E-state index in [1.54, 1.807) is 0 Å².